The molecule has 0 N–H and O–H groups in total. The highest BCUT2D eigenvalue weighted by Gasteiger charge is 2.25. The van der Waals surface area contributed by atoms with Crippen LogP contribution in [-0.2, 0) is 0 Å². The van der Waals surface area contributed by atoms with E-state index in [2.05, 4.69) is 15.1 Å². The summed E-state index contributed by atoms with van der Waals surface area (Å²) in [5.74, 6) is 0.526. The van der Waals surface area contributed by atoms with Crippen molar-refractivity contribution in [1.82, 2.24) is 24.6 Å². The maximum Gasteiger partial charge on any atom is 0.274 e. The summed E-state index contributed by atoms with van der Waals surface area (Å²) in [6.45, 7) is 2.72. The lowest BCUT2D eigenvalue weighted by atomic mass is 10.1. The Morgan fingerprint density at radius 2 is 2.04 bits per heavy atom. The number of pyridine rings is 2. The molecular formula is C20H19N5OS. The first-order valence-corrected chi connectivity index (χ1v) is 9.67. The van der Waals surface area contributed by atoms with Crippen LogP contribution in [0, 0.1) is 0 Å². The van der Waals surface area contributed by atoms with Crippen molar-refractivity contribution in [1.29, 1.82) is 0 Å². The van der Waals surface area contributed by atoms with Crippen molar-refractivity contribution in [2.75, 3.05) is 13.6 Å². The van der Waals surface area contributed by atoms with E-state index in [-0.39, 0.29) is 5.91 Å². The number of hydrogen-bond acceptors (Lipinski definition) is 5. The second-order valence-corrected chi connectivity index (χ2v) is 7.16. The highest BCUT2D eigenvalue weighted by atomic mass is 32.1. The first-order valence-electron chi connectivity index (χ1n) is 8.79. The second kappa shape index (κ2) is 7.28. The van der Waals surface area contributed by atoms with E-state index in [1.165, 1.54) is 0 Å². The SMILES string of the molecule is CCCN(C)C(=O)c1nn(-c2ccccn2)c2nccc(-c3cccs3)c12. The Balaban J connectivity index is 1.99. The lowest BCUT2D eigenvalue weighted by Gasteiger charge is -2.14. The first-order chi connectivity index (χ1) is 13.2. The summed E-state index contributed by atoms with van der Waals surface area (Å²) in [5.41, 5.74) is 2.00. The third kappa shape index (κ3) is 3.10. The van der Waals surface area contributed by atoms with Gasteiger partial charge >= 0.3 is 0 Å². The maximum atomic E-state index is 13.1. The Morgan fingerprint density at radius 3 is 2.74 bits per heavy atom. The Hall–Kier alpha value is -3.06. The molecule has 0 aromatic carbocycles. The topological polar surface area (TPSA) is 63.9 Å². The molecule has 27 heavy (non-hydrogen) atoms. The molecule has 0 saturated carbocycles. The molecule has 0 atom stereocenters. The predicted molar refractivity (Wildman–Crippen MR) is 107 cm³/mol. The van der Waals surface area contributed by atoms with E-state index in [0.29, 0.717) is 23.7 Å². The van der Waals surface area contributed by atoms with E-state index < -0.39 is 0 Å². The van der Waals surface area contributed by atoms with Crippen LogP contribution in [0.25, 0.3) is 27.3 Å². The Morgan fingerprint density at radius 1 is 1.15 bits per heavy atom. The van der Waals surface area contributed by atoms with Gasteiger partial charge in [0.15, 0.2) is 17.2 Å². The molecule has 0 saturated heterocycles. The normalized spacial score (nSPS) is 11.0. The van der Waals surface area contributed by atoms with Crippen LogP contribution >= 0.6 is 11.3 Å². The van der Waals surface area contributed by atoms with Gasteiger partial charge < -0.3 is 4.90 Å². The third-order valence-electron chi connectivity index (χ3n) is 4.33. The number of hydrogen-bond donors (Lipinski definition) is 0. The number of rotatable bonds is 5. The summed E-state index contributed by atoms with van der Waals surface area (Å²) < 4.78 is 1.65. The average molecular weight is 377 g/mol. The fraction of sp³-hybridized carbons (Fsp3) is 0.200. The zero-order valence-electron chi connectivity index (χ0n) is 15.2. The molecule has 6 nitrogen and oxygen atoms in total. The second-order valence-electron chi connectivity index (χ2n) is 6.21. The highest BCUT2D eigenvalue weighted by molar-refractivity contribution is 7.13. The number of carbonyl (C=O) groups excluding carboxylic acids is 1. The Labute approximate surface area is 161 Å². The highest BCUT2D eigenvalue weighted by Crippen LogP contribution is 2.34. The standard InChI is InChI=1S/C20H19N5OS/c1-3-12-24(2)20(26)18-17-14(15-7-6-13-27-15)9-11-22-19(17)25(23-18)16-8-4-5-10-21-16/h4-11,13H,3,12H2,1-2H3. The van der Waals surface area contributed by atoms with Crippen LogP contribution in [0.15, 0.2) is 54.2 Å². The summed E-state index contributed by atoms with van der Waals surface area (Å²) in [6, 6.07) is 11.6. The summed E-state index contributed by atoms with van der Waals surface area (Å²) in [7, 11) is 1.80. The first kappa shape index (κ1) is 17.4. The molecule has 0 aliphatic carbocycles. The van der Waals surface area contributed by atoms with Gasteiger partial charge in [-0.3, -0.25) is 4.79 Å². The zero-order valence-corrected chi connectivity index (χ0v) is 16.0. The van der Waals surface area contributed by atoms with Gasteiger partial charge in [-0.2, -0.15) is 9.78 Å². The lowest BCUT2D eigenvalue weighted by Crippen LogP contribution is -2.28. The van der Waals surface area contributed by atoms with Crippen LogP contribution in [0.5, 0.6) is 0 Å². The molecule has 4 rings (SSSR count). The fourth-order valence-corrected chi connectivity index (χ4v) is 3.84. The minimum atomic E-state index is -0.109. The Kier molecular flexibility index (Phi) is 4.68. The van der Waals surface area contributed by atoms with Crippen molar-refractivity contribution in [3.63, 3.8) is 0 Å². The van der Waals surface area contributed by atoms with Crippen LogP contribution in [0.2, 0.25) is 0 Å². The molecule has 0 aliphatic rings. The molecule has 7 heteroatoms. The van der Waals surface area contributed by atoms with Gasteiger partial charge in [-0.05, 0) is 36.1 Å². The van der Waals surface area contributed by atoms with Crippen molar-refractivity contribution >= 4 is 28.3 Å². The lowest BCUT2D eigenvalue weighted by molar-refractivity contribution is 0.0790. The fourth-order valence-electron chi connectivity index (χ4n) is 3.09. The number of amides is 1. The smallest absolute Gasteiger partial charge is 0.274 e. The largest absolute Gasteiger partial charge is 0.340 e. The Bertz CT molecular complexity index is 1070. The summed E-state index contributed by atoms with van der Waals surface area (Å²) in [6.07, 6.45) is 4.34. The van der Waals surface area contributed by atoms with E-state index >= 15 is 0 Å². The van der Waals surface area contributed by atoms with E-state index in [4.69, 9.17) is 0 Å². The van der Waals surface area contributed by atoms with Crippen LogP contribution in [-0.4, -0.2) is 44.1 Å². The molecule has 0 radical (unpaired) electrons. The molecule has 1 amide bonds. The molecule has 0 unspecified atom stereocenters. The third-order valence-corrected chi connectivity index (χ3v) is 5.23. The van der Waals surface area contributed by atoms with Crippen LogP contribution in [0.4, 0.5) is 0 Å². The van der Waals surface area contributed by atoms with Gasteiger partial charge in [0.2, 0.25) is 0 Å². The van der Waals surface area contributed by atoms with Crippen molar-refractivity contribution in [3.05, 3.63) is 59.9 Å². The molecule has 0 fully saturated rings. The molecule has 0 aliphatic heterocycles. The number of carbonyl (C=O) groups is 1. The number of thiophene rings is 1. The molecule has 4 heterocycles. The molecule has 0 bridgehead atoms. The van der Waals surface area contributed by atoms with Crippen LogP contribution in [0.1, 0.15) is 23.8 Å². The van der Waals surface area contributed by atoms with Gasteiger partial charge in [-0.1, -0.05) is 19.1 Å². The van der Waals surface area contributed by atoms with Gasteiger partial charge in [0, 0.05) is 36.4 Å². The predicted octanol–water partition coefficient (Wildman–Crippen LogP) is 4.03. The molecule has 136 valence electrons. The average Bonchev–Trinajstić information content (AvgIpc) is 3.36. The van der Waals surface area contributed by atoms with E-state index in [9.17, 15) is 4.79 Å². The number of aromatic nitrogens is 4. The summed E-state index contributed by atoms with van der Waals surface area (Å²) in [5, 5.41) is 7.42. The van der Waals surface area contributed by atoms with Gasteiger partial charge in [-0.15, -0.1) is 11.3 Å². The molecular weight excluding hydrogens is 358 g/mol. The van der Waals surface area contributed by atoms with Crippen molar-refractivity contribution < 1.29 is 4.79 Å². The van der Waals surface area contributed by atoms with E-state index in [0.717, 1.165) is 22.2 Å². The van der Waals surface area contributed by atoms with Gasteiger partial charge in [0.25, 0.3) is 5.91 Å². The quantitative estimate of drug-likeness (QED) is 0.527. The van der Waals surface area contributed by atoms with Crippen molar-refractivity contribution in [2.45, 2.75) is 13.3 Å². The van der Waals surface area contributed by atoms with E-state index in [1.807, 2.05) is 48.7 Å². The zero-order chi connectivity index (χ0) is 18.8. The number of nitrogens with zero attached hydrogens (tertiary/aromatic N) is 5. The van der Waals surface area contributed by atoms with Crippen LogP contribution in [0.3, 0.4) is 0 Å². The minimum absolute atomic E-state index is 0.109. The van der Waals surface area contributed by atoms with E-state index in [1.54, 1.807) is 40.4 Å². The number of fused-ring (bicyclic) bond motifs is 1. The summed E-state index contributed by atoms with van der Waals surface area (Å²) in [4.78, 5) is 24.8. The minimum Gasteiger partial charge on any atom is -0.340 e. The summed E-state index contributed by atoms with van der Waals surface area (Å²) >= 11 is 1.63. The van der Waals surface area contributed by atoms with Crippen molar-refractivity contribution in [3.8, 4) is 16.3 Å². The molecule has 4 aromatic rings. The van der Waals surface area contributed by atoms with Gasteiger partial charge in [-0.25, -0.2) is 9.97 Å². The van der Waals surface area contributed by atoms with Gasteiger partial charge in [0.1, 0.15) is 0 Å². The molecule has 0 spiro atoms. The van der Waals surface area contributed by atoms with Crippen LogP contribution < -0.4 is 0 Å². The molecule has 4 aromatic heterocycles. The van der Waals surface area contributed by atoms with Crippen molar-refractivity contribution in [2.24, 2.45) is 0 Å². The monoisotopic (exact) mass is 377 g/mol. The maximum absolute atomic E-state index is 13.1. The van der Waals surface area contributed by atoms with Gasteiger partial charge in [0.05, 0.1) is 5.39 Å².